The normalized spacial score (nSPS) is 11.2. The van der Waals surface area contributed by atoms with Crippen molar-refractivity contribution in [2.45, 2.75) is 84.1 Å². The van der Waals surface area contributed by atoms with Crippen molar-refractivity contribution in [1.29, 1.82) is 0 Å². The van der Waals surface area contributed by atoms with Gasteiger partial charge in [-0.25, -0.2) is 0 Å². The van der Waals surface area contributed by atoms with Gasteiger partial charge in [0.05, 0.1) is 0 Å². The highest BCUT2D eigenvalue weighted by molar-refractivity contribution is 5.74. The number of hydrogen-bond acceptors (Lipinski definition) is 0. The minimum absolute atomic E-state index is 0.930. The molecule has 0 spiro atoms. The second-order valence-corrected chi connectivity index (χ2v) is 8.44. The summed E-state index contributed by atoms with van der Waals surface area (Å²) >= 11 is 0. The number of aryl methyl sites for hydroxylation is 1. The minimum Gasteiger partial charge on any atom is -0.194 e. The van der Waals surface area contributed by atoms with Crippen molar-refractivity contribution < 1.29 is 4.57 Å². The number of aromatic nitrogens is 1. The fraction of sp³-hybridized carbons (Fsp3) is 0.464. The van der Waals surface area contributed by atoms with Crippen LogP contribution in [0, 0.1) is 0 Å². The van der Waals surface area contributed by atoms with Crippen molar-refractivity contribution in [3.05, 3.63) is 78.0 Å². The van der Waals surface area contributed by atoms with E-state index in [1.807, 2.05) is 0 Å². The number of pyridine rings is 1. The lowest BCUT2D eigenvalue weighted by Crippen LogP contribution is -2.34. The SMILES string of the molecule is CCCCCCCCCCCCc1ccc(C[n+]2cccc3ccccc32)cc1. The lowest BCUT2D eigenvalue weighted by Gasteiger charge is -2.05. The third-order valence-electron chi connectivity index (χ3n) is 5.98. The van der Waals surface area contributed by atoms with Gasteiger partial charge in [-0.3, -0.25) is 0 Å². The minimum atomic E-state index is 0.930. The van der Waals surface area contributed by atoms with Crippen LogP contribution in [0.5, 0.6) is 0 Å². The van der Waals surface area contributed by atoms with E-state index in [9.17, 15) is 0 Å². The van der Waals surface area contributed by atoms with Crippen molar-refractivity contribution >= 4 is 10.9 Å². The van der Waals surface area contributed by atoms with E-state index in [-0.39, 0.29) is 0 Å². The zero-order valence-corrected chi connectivity index (χ0v) is 18.3. The van der Waals surface area contributed by atoms with Gasteiger partial charge >= 0.3 is 0 Å². The molecule has 154 valence electrons. The van der Waals surface area contributed by atoms with Crippen molar-refractivity contribution in [3.8, 4) is 0 Å². The van der Waals surface area contributed by atoms with Gasteiger partial charge in [0.15, 0.2) is 12.7 Å². The van der Waals surface area contributed by atoms with Gasteiger partial charge in [0.1, 0.15) is 0 Å². The standard InChI is InChI=1S/C28H38N/c1-2-3-4-5-6-7-8-9-10-11-15-25-19-21-26(22-20-25)24-29-23-14-17-27-16-12-13-18-28(27)29/h12-14,16-23H,2-11,15,24H2,1H3/q+1. The number of hydrogen-bond donors (Lipinski definition) is 0. The van der Waals surface area contributed by atoms with Crippen LogP contribution < -0.4 is 4.57 Å². The number of rotatable bonds is 13. The summed E-state index contributed by atoms with van der Waals surface area (Å²) in [4.78, 5) is 0. The molecule has 0 aliphatic heterocycles. The van der Waals surface area contributed by atoms with E-state index in [4.69, 9.17) is 0 Å². The molecule has 0 N–H and O–H groups in total. The largest absolute Gasteiger partial charge is 0.212 e. The number of para-hydroxylation sites is 1. The molecule has 1 aromatic heterocycles. The highest BCUT2D eigenvalue weighted by atomic mass is 14.9. The molecule has 3 aromatic rings. The van der Waals surface area contributed by atoms with E-state index in [0.717, 1.165) is 6.54 Å². The second-order valence-electron chi connectivity index (χ2n) is 8.44. The zero-order chi connectivity index (χ0) is 20.2. The Kier molecular flexibility index (Phi) is 9.23. The fourth-order valence-electron chi connectivity index (χ4n) is 4.18. The summed E-state index contributed by atoms with van der Waals surface area (Å²) in [5.74, 6) is 0. The van der Waals surface area contributed by atoms with Crippen molar-refractivity contribution in [2.75, 3.05) is 0 Å². The average Bonchev–Trinajstić information content (AvgIpc) is 2.76. The van der Waals surface area contributed by atoms with Crippen LogP contribution in [-0.2, 0) is 13.0 Å². The predicted molar refractivity (Wildman–Crippen MR) is 125 cm³/mol. The van der Waals surface area contributed by atoms with Crippen molar-refractivity contribution in [3.63, 3.8) is 0 Å². The third kappa shape index (κ3) is 7.31. The Balaban J connectivity index is 1.36. The van der Waals surface area contributed by atoms with Gasteiger partial charge in [0.2, 0.25) is 5.52 Å². The Bertz CT molecular complexity index is 829. The third-order valence-corrected chi connectivity index (χ3v) is 5.98. The Morgan fingerprint density at radius 3 is 1.90 bits per heavy atom. The van der Waals surface area contributed by atoms with Crippen LogP contribution in [-0.4, -0.2) is 0 Å². The fourth-order valence-corrected chi connectivity index (χ4v) is 4.18. The Labute approximate surface area is 177 Å². The molecular formula is C28H38N+. The van der Waals surface area contributed by atoms with Crippen LogP contribution in [0.15, 0.2) is 66.9 Å². The number of fused-ring (bicyclic) bond motifs is 1. The summed E-state index contributed by atoms with van der Waals surface area (Å²) in [7, 11) is 0. The van der Waals surface area contributed by atoms with Gasteiger partial charge in [-0.15, -0.1) is 0 Å². The molecule has 0 fully saturated rings. The molecule has 3 rings (SSSR count). The predicted octanol–water partition coefficient (Wildman–Crippen LogP) is 7.64. The van der Waals surface area contributed by atoms with E-state index >= 15 is 0 Å². The molecule has 0 saturated carbocycles. The Morgan fingerprint density at radius 1 is 0.586 bits per heavy atom. The molecule has 0 saturated heterocycles. The zero-order valence-electron chi connectivity index (χ0n) is 18.3. The van der Waals surface area contributed by atoms with Gasteiger partial charge < -0.3 is 0 Å². The van der Waals surface area contributed by atoms with Gasteiger partial charge in [0.25, 0.3) is 0 Å². The van der Waals surface area contributed by atoms with Crippen LogP contribution >= 0.6 is 0 Å². The van der Waals surface area contributed by atoms with Crippen LogP contribution in [0.2, 0.25) is 0 Å². The lowest BCUT2D eigenvalue weighted by molar-refractivity contribution is -0.662. The van der Waals surface area contributed by atoms with Gasteiger partial charge in [-0.05, 0) is 30.5 Å². The van der Waals surface area contributed by atoms with Crippen molar-refractivity contribution in [1.82, 2.24) is 0 Å². The van der Waals surface area contributed by atoms with Gasteiger partial charge in [-0.2, -0.15) is 4.57 Å². The molecule has 1 heterocycles. The van der Waals surface area contributed by atoms with Crippen LogP contribution in [0.3, 0.4) is 0 Å². The molecule has 1 nitrogen and oxygen atoms in total. The maximum absolute atomic E-state index is 2.34. The molecule has 29 heavy (non-hydrogen) atoms. The monoisotopic (exact) mass is 388 g/mol. The van der Waals surface area contributed by atoms with Gasteiger partial charge in [0, 0.05) is 23.1 Å². The molecule has 1 heteroatoms. The first kappa shape index (κ1) is 21.6. The molecule has 0 atom stereocenters. The second kappa shape index (κ2) is 12.4. The quantitative estimate of drug-likeness (QED) is 0.209. The van der Waals surface area contributed by atoms with E-state index in [1.165, 1.54) is 92.7 Å². The molecule has 2 aromatic carbocycles. The Morgan fingerprint density at radius 2 is 1.17 bits per heavy atom. The molecule has 0 bridgehead atoms. The van der Waals surface area contributed by atoms with E-state index in [0.29, 0.717) is 0 Å². The van der Waals surface area contributed by atoms with Crippen LogP contribution in [0.1, 0.15) is 82.3 Å². The highest BCUT2D eigenvalue weighted by Gasteiger charge is 2.08. The smallest absolute Gasteiger partial charge is 0.194 e. The lowest BCUT2D eigenvalue weighted by atomic mass is 10.0. The summed E-state index contributed by atoms with van der Waals surface area (Å²) < 4.78 is 2.34. The highest BCUT2D eigenvalue weighted by Crippen LogP contribution is 2.14. The summed E-state index contributed by atoms with van der Waals surface area (Å²) in [6.45, 7) is 3.22. The van der Waals surface area contributed by atoms with Crippen molar-refractivity contribution in [2.24, 2.45) is 0 Å². The molecule has 0 aliphatic carbocycles. The van der Waals surface area contributed by atoms with Crippen LogP contribution in [0.25, 0.3) is 10.9 Å². The molecule has 0 unspecified atom stereocenters. The van der Waals surface area contributed by atoms with Crippen LogP contribution in [0.4, 0.5) is 0 Å². The first-order chi connectivity index (χ1) is 14.4. The molecular weight excluding hydrogens is 350 g/mol. The molecule has 0 radical (unpaired) electrons. The first-order valence-corrected chi connectivity index (χ1v) is 11.8. The maximum atomic E-state index is 2.34. The average molecular weight is 389 g/mol. The van der Waals surface area contributed by atoms with Gasteiger partial charge in [-0.1, -0.05) is 101 Å². The Hall–Kier alpha value is -2.15. The molecule has 0 aliphatic rings. The number of benzene rings is 2. The summed E-state index contributed by atoms with van der Waals surface area (Å²) in [5.41, 5.74) is 4.15. The van der Waals surface area contributed by atoms with E-state index in [1.54, 1.807) is 0 Å². The number of unbranched alkanes of at least 4 members (excludes halogenated alkanes) is 9. The first-order valence-electron chi connectivity index (χ1n) is 11.8. The van der Waals surface area contributed by atoms with E-state index < -0.39 is 0 Å². The maximum Gasteiger partial charge on any atom is 0.212 e. The summed E-state index contributed by atoms with van der Waals surface area (Å²) in [6.07, 6.45) is 17.5. The topological polar surface area (TPSA) is 3.88 Å². The van der Waals surface area contributed by atoms with E-state index in [2.05, 4.69) is 78.4 Å². The molecule has 0 amide bonds. The summed E-state index contributed by atoms with van der Waals surface area (Å²) in [5, 5.41) is 1.30. The summed E-state index contributed by atoms with van der Waals surface area (Å²) in [6, 6.07) is 22.2. The number of nitrogens with zero attached hydrogens (tertiary/aromatic N) is 1.